The Kier molecular flexibility index (Phi) is 5.32. The van der Waals surface area contributed by atoms with Gasteiger partial charge < -0.3 is 10.1 Å². The lowest BCUT2D eigenvalue weighted by atomic mass is 10.4. The Bertz CT molecular complexity index is 292. The van der Waals surface area contributed by atoms with E-state index in [1.807, 2.05) is 37.7 Å². The number of aromatic nitrogens is 1. The molecule has 0 aliphatic rings. The SMILES string of the molecule is CSCCNc1ncccc1OC(C)C. The first-order valence-corrected chi connectivity index (χ1v) is 6.48. The second kappa shape index (κ2) is 6.56. The van der Waals surface area contributed by atoms with Crippen LogP contribution in [0.5, 0.6) is 5.75 Å². The number of rotatable bonds is 6. The molecule has 0 atom stereocenters. The van der Waals surface area contributed by atoms with Crippen LogP contribution in [0.1, 0.15) is 13.8 Å². The lowest BCUT2D eigenvalue weighted by molar-refractivity contribution is 0.243. The van der Waals surface area contributed by atoms with Crippen LogP contribution in [-0.4, -0.2) is 29.6 Å². The van der Waals surface area contributed by atoms with Gasteiger partial charge in [0.1, 0.15) is 0 Å². The van der Waals surface area contributed by atoms with Crippen molar-refractivity contribution in [3.8, 4) is 5.75 Å². The Labute approximate surface area is 95.6 Å². The number of nitrogens with one attached hydrogen (secondary N) is 1. The smallest absolute Gasteiger partial charge is 0.168 e. The second-order valence-corrected chi connectivity index (χ2v) is 4.42. The Balaban J connectivity index is 2.60. The number of hydrogen-bond acceptors (Lipinski definition) is 4. The first-order valence-electron chi connectivity index (χ1n) is 5.08. The summed E-state index contributed by atoms with van der Waals surface area (Å²) in [4.78, 5) is 4.26. The Morgan fingerprint density at radius 2 is 2.33 bits per heavy atom. The normalized spacial score (nSPS) is 10.4. The van der Waals surface area contributed by atoms with E-state index in [1.165, 1.54) is 0 Å². The second-order valence-electron chi connectivity index (χ2n) is 3.44. The summed E-state index contributed by atoms with van der Waals surface area (Å²) in [7, 11) is 0. The highest BCUT2D eigenvalue weighted by Crippen LogP contribution is 2.21. The van der Waals surface area contributed by atoms with E-state index in [1.54, 1.807) is 6.20 Å². The lowest BCUT2D eigenvalue weighted by Crippen LogP contribution is -2.11. The molecule has 0 spiro atoms. The van der Waals surface area contributed by atoms with Crippen LogP contribution in [0.4, 0.5) is 5.82 Å². The highest BCUT2D eigenvalue weighted by atomic mass is 32.2. The molecule has 0 aliphatic heterocycles. The third-order valence-corrected chi connectivity index (χ3v) is 2.34. The maximum absolute atomic E-state index is 5.64. The molecule has 0 bridgehead atoms. The minimum atomic E-state index is 0.176. The summed E-state index contributed by atoms with van der Waals surface area (Å²) in [5.74, 6) is 2.73. The molecule has 0 fully saturated rings. The lowest BCUT2D eigenvalue weighted by Gasteiger charge is -2.13. The van der Waals surface area contributed by atoms with Crippen LogP contribution in [0.15, 0.2) is 18.3 Å². The molecule has 1 rings (SSSR count). The van der Waals surface area contributed by atoms with E-state index in [-0.39, 0.29) is 6.10 Å². The standard InChI is InChI=1S/C11H18N2OS/c1-9(2)14-10-5-4-6-12-11(10)13-7-8-15-3/h4-6,9H,7-8H2,1-3H3,(H,12,13). The number of ether oxygens (including phenoxy) is 1. The Hall–Kier alpha value is -0.900. The van der Waals surface area contributed by atoms with Gasteiger partial charge in [-0.3, -0.25) is 0 Å². The third-order valence-electron chi connectivity index (χ3n) is 1.73. The number of thioether (sulfide) groups is 1. The molecule has 0 amide bonds. The van der Waals surface area contributed by atoms with Crippen LogP contribution < -0.4 is 10.1 Å². The Morgan fingerprint density at radius 1 is 1.53 bits per heavy atom. The van der Waals surface area contributed by atoms with Crippen LogP contribution in [0.25, 0.3) is 0 Å². The summed E-state index contributed by atoms with van der Waals surface area (Å²) >= 11 is 1.81. The van der Waals surface area contributed by atoms with Crippen molar-refractivity contribution < 1.29 is 4.74 Å². The third kappa shape index (κ3) is 4.42. The van der Waals surface area contributed by atoms with Crippen LogP contribution in [-0.2, 0) is 0 Å². The maximum atomic E-state index is 5.64. The van der Waals surface area contributed by atoms with Gasteiger partial charge in [-0.2, -0.15) is 11.8 Å². The fraction of sp³-hybridized carbons (Fsp3) is 0.545. The molecule has 15 heavy (non-hydrogen) atoms. The average molecular weight is 226 g/mol. The van der Waals surface area contributed by atoms with Crippen molar-refractivity contribution in [3.63, 3.8) is 0 Å². The number of pyridine rings is 1. The topological polar surface area (TPSA) is 34.2 Å². The zero-order valence-corrected chi connectivity index (χ0v) is 10.3. The largest absolute Gasteiger partial charge is 0.487 e. The molecule has 0 unspecified atom stereocenters. The summed E-state index contributed by atoms with van der Waals surface area (Å²) in [6.07, 6.45) is 4.04. The van der Waals surface area contributed by atoms with Crippen LogP contribution in [0, 0.1) is 0 Å². The van der Waals surface area contributed by atoms with Gasteiger partial charge in [0.05, 0.1) is 6.10 Å². The first kappa shape index (κ1) is 12.2. The molecule has 1 N–H and O–H groups in total. The predicted molar refractivity (Wildman–Crippen MR) is 66.9 cm³/mol. The predicted octanol–water partition coefficient (Wildman–Crippen LogP) is 2.64. The van der Waals surface area contributed by atoms with Gasteiger partial charge in [-0.1, -0.05) is 0 Å². The van der Waals surface area contributed by atoms with Crippen molar-refractivity contribution in [1.29, 1.82) is 0 Å². The molecular weight excluding hydrogens is 208 g/mol. The number of hydrogen-bond donors (Lipinski definition) is 1. The highest BCUT2D eigenvalue weighted by molar-refractivity contribution is 7.98. The van der Waals surface area contributed by atoms with Gasteiger partial charge in [0.15, 0.2) is 11.6 Å². The molecule has 3 nitrogen and oxygen atoms in total. The minimum absolute atomic E-state index is 0.176. The van der Waals surface area contributed by atoms with Crippen molar-refractivity contribution in [3.05, 3.63) is 18.3 Å². The summed E-state index contributed by atoms with van der Waals surface area (Å²) in [6, 6.07) is 3.83. The van der Waals surface area contributed by atoms with Crippen molar-refractivity contribution in [1.82, 2.24) is 4.98 Å². The summed E-state index contributed by atoms with van der Waals surface area (Å²) < 4.78 is 5.64. The fourth-order valence-electron chi connectivity index (χ4n) is 1.14. The van der Waals surface area contributed by atoms with E-state index in [2.05, 4.69) is 16.6 Å². The molecular formula is C11H18N2OS. The Morgan fingerprint density at radius 3 is 3.00 bits per heavy atom. The molecule has 1 heterocycles. The quantitative estimate of drug-likeness (QED) is 0.756. The zero-order chi connectivity index (χ0) is 11.1. The summed E-state index contributed by atoms with van der Waals surface area (Å²) in [5, 5.41) is 3.26. The van der Waals surface area contributed by atoms with E-state index in [0.29, 0.717) is 0 Å². The van der Waals surface area contributed by atoms with Gasteiger partial charge in [0.25, 0.3) is 0 Å². The molecule has 1 aromatic rings. The first-order chi connectivity index (χ1) is 7.24. The van der Waals surface area contributed by atoms with E-state index < -0.39 is 0 Å². The van der Waals surface area contributed by atoms with Crippen LogP contribution >= 0.6 is 11.8 Å². The van der Waals surface area contributed by atoms with Crippen molar-refractivity contribution in [2.45, 2.75) is 20.0 Å². The molecule has 4 heteroatoms. The van der Waals surface area contributed by atoms with E-state index in [0.717, 1.165) is 23.9 Å². The van der Waals surface area contributed by atoms with E-state index in [4.69, 9.17) is 4.74 Å². The molecule has 0 saturated carbocycles. The molecule has 0 radical (unpaired) electrons. The van der Waals surface area contributed by atoms with Gasteiger partial charge >= 0.3 is 0 Å². The van der Waals surface area contributed by atoms with Gasteiger partial charge in [-0.05, 0) is 32.2 Å². The van der Waals surface area contributed by atoms with Gasteiger partial charge in [-0.25, -0.2) is 4.98 Å². The molecule has 0 saturated heterocycles. The minimum Gasteiger partial charge on any atom is -0.487 e. The average Bonchev–Trinajstić information content (AvgIpc) is 2.20. The summed E-state index contributed by atoms with van der Waals surface area (Å²) in [6.45, 7) is 4.93. The highest BCUT2D eigenvalue weighted by Gasteiger charge is 2.04. The van der Waals surface area contributed by atoms with Gasteiger partial charge in [0, 0.05) is 18.5 Å². The molecule has 1 aromatic heterocycles. The van der Waals surface area contributed by atoms with E-state index >= 15 is 0 Å². The zero-order valence-electron chi connectivity index (χ0n) is 9.49. The van der Waals surface area contributed by atoms with Crippen molar-refractivity contribution >= 4 is 17.6 Å². The molecule has 0 aromatic carbocycles. The molecule has 0 aliphatic carbocycles. The van der Waals surface area contributed by atoms with Crippen LogP contribution in [0.2, 0.25) is 0 Å². The monoisotopic (exact) mass is 226 g/mol. The fourth-order valence-corrected chi connectivity index (χ4v) is 1.45. The maximum Gasteiger partial charge on any atom is 0.168 e. The molecule has 84 valence electrons. The van der Waals surface area contributed by atoms with Gasteiger partial charge in [-0.15, -0.1) is 0 Å². The van der Waals surface area contributed by atoms with E-state index in [9.17, 15) is 0 Å². The van der Waals surface area contributed by atoms with Gasteiger partial charge in [0.2, 0.25) is 0 Å². The van der Waals surface area contributed by atoms with Crippen molar-refractivity contribution in [2.75, 3.05) is 23.9 Å². The number of anilines is 1. The van der Waals surface area contributed by atoms with Crippen LogP contribution in [0.3, 0.4) is 0 Å². The number of nitrogens with zero attached hydrogens (tertiary/aromatic N) is 1. The van der Waals surface area contributed by atoms with Crippen molar-refractivity contribution in [2.24, 2.45) is 0 Å². The summed E-state index contributed by atoms with van der Waals surface area (Å²) in [5.41, 5.74) is 0.